The Balaban J connectivity index is 3.32. The molecule has 0 fully saturated rings. The molecule has 0 saturated carbocycles. The summed E-state index contributed by atoms with van der Waals surface area (Å²) in [5.41, 5.74) is 0.712. The molecular formula is C10H13BClNO2. The van der Waals surface area contributed by atoms with E-state index in [4.69, 9.17) is 22.0 Å². The lowest BCUT2D eigenvalue weighted by molar-refractivity contribution is 0.0796. The lowest BCUT2D eigenvalue weighted by atomic mass is 9.78. The van der Waals surface area contributed by atoms with Gasteiger partial charge in [-0.1, -0.05) is 23.7 Å². The molecule has 1 rings (SSSR count). The van der Waals surface area contributed by atoms with Crippen LogP contribution in [0.2, 0.25) is 0 Å². The first-order valence-corrected chi connectivity index (χ1v) is 4.95. The number of hydrogen-bond acceptors (Lipinski definition) is 3. The minimum absolute atomic E-state index is 0.0787. The Bertz CT molecular complexity index is 387. The van der Waals surface area contributed by atoms with Crippen molar-refractivity contribution in [3.8, 4) is 0 Å². The van der Waals surface area contributed by atoms with E-state index in [0.29, 0.717) is 16.6 Å². The van der Waals surface area contributed by atoms with Crippen LogP contribution in [0.1, 0.15) is 25.0 Å². The number of nitrogens with one attached hydrogen (secondary N) is 1. The molecule has 0 unspecified atom stereocenters. The van der Waals surface area contributed by atoms with Crippen molar-refractivity contribution in [2.24, 2.45) is 0 Å². The van der Waals surface area contributed by atoms with E-state index in [-0.39, 0.29) is 12.7 Å². The zero-order valence-electron chi connectivity index (χ0n) is 8.71. The normalized spacial score (nSPS) is 11.3. The maximum Gasteiger partial charge on any atom is 0.305 e. The molecule has 5 heteroatoms. The zero-order valence-corrected chi connectivity index (χ0v) is 9.47. The van der Waals surface area contributed by atoms with Gasteiger partial charge in [-0.3, -0.25) is 5.41 Å². The quantitative estimate of drug-likeness (QED) is 0.516. The molecule has 0 bridgehead atoms. The molecule has 0 aliphatic rings. The molecule has 3 nitrogen and oxygen atoms in total. The smallest absolute Gasteiger partial charge is 0.305 e. The molecule has 1 aromatic rings. The predicted octanol–water partition coefficient (Wildman–Crippen LogP) is 0.447. The summed E-state index contributed by atoms with van der Waals surface area (Å²) < 4.78 is 0. The lowest BCUT2D eigenvalue weighted by Crippen LogP contribution is -2.29. The van der Waals surface area contributed by atoms with Crippen LogP contribution in [0.25, 0.3) is 0 Å². The summed E-state index contributed by atoms with van der Waals surface area (Å²) >= 11 is 5.56. The largest absolute Gasteiger partial charge is 0.449 e. The molecule has 80 valence electrons. The average molecular weight is 225 g/mol. The van der Waals surface area contributed by atoms with Crippen molar-refractivity contribution in [1.29, 1.82) is 5.41 Å². The second-order valence-electron chi connectivity index (χ2n) is 3.90. The molecule has 0 aliphatic heterocycles. The van der Waals surface area contributed by atoms with Gasteiger partial charge < -0.3 is 10.1 Å². The van der Waals surface area contributed by atoms with E-state index < -0.39 is 5.60 Å². The Kier molecular flexibility index (Phi) is 3.55. The maximum atomic E-state index is 9.88. The van der Waals surface area contributed by atoms with Crippen LogP contribution < -0.4 is 5.46 Å². The number of benzene rings is 1. The van der Waals surface area contributed by atoms with E-state index in [1.165, 1.54) is 0 Å². The van der Waals surface area contributed by atoms with Crippen molar-refractivity contribution < 1.29 is 10.1 Å². The maximum absolute atomic E-state index is 9.88. The minimum Gasteiger partial charge on any atom is -0.449 e. The van der Waals surface area contributed by atoms with Crippen LogP contribution in [0.5, 0.6) is 0 Å². The van der Waals surface area contributed by atoms with Crippen LogP contribution in [0.15, 0.2) is 18.2 Å². The first-order valence-electron chi connectivity index (χ1n) is 4.57. The zero-order chi connectivity index (χ0) is 11.6. The fraction of sp³-hybridized carbons (Fsp3) is 0.300. The molecular weight excluding hydrogens is 212 g/mol. The third kappa shape index (κ3) is 2.81. The lowest BCUT2D eigenvalue weighted by Gasteiger charge is -2.21. The molecule has 1 aromatic carbocycles. The van der Waals surface area contributed by atoms with Gasteiger partial charge in [0.05, 0.1) is 5.60 Å². The van der Waals surface area contributed by atoms with Gasteiger partial charge >= 0.3 is 7.48 Å². The fourth-order valence-electron chi connectivity index (χ4n) is 1.42. The number of rotatable bonds is 3. The van der Waals surface area contributed by atoms with E-state index in [2.05, 4.69) is 0 Å². The highest BCUT2D eigenvalue weighted by Gasteiger charge is 2.20. The van der Waals surface area contributed by atoms with Gasteiger partial charge in [-0.05, 0) is 30.9 Å². The summed E-state index contributed by atoms with van der Waals surface area (Å²) in [4.78, 5) is 0. The highest BCUT2D eigenvalue weighted by Crippen LogP contribution is 2.19. The summed E-state index contributed by atoms with van der Waals surface area (Å²) in [6.07, 6.45) is 0. The van der Waals surface area contributed by atoms with E-state index >= 15 is 0 Å². The van der Waals surface area contributed by atoms with Gasteiger partial charge in [0.15, 0.2) is 0 Å². The summed E-state index contributed by atoms with van der Waals surface area (Å²) in [5.74, 6) is 0. The van der Waals surface area contributed by atoms with Crippen LogP contribution in [0.3, 0.4) is 0 Å². The van der Waals surface area contributed by atoms with E-state index in [1.54, 1.807) is 32.0 Å². The highest BCUT2D eigenvalue weighted by atomic mass is 35.5. The third-order valence-corrected chi connectivity index (χ3v) is 2.41. The van der Waals surface area contributed by atoms with Gasteiger partial charge in [-0.2, -0.15) is 0 Å². The van der Waals surface area contributed by atoms with Crippen LogP contribution in [-0.4, -0.2) is 22.8 Å². The Morgan fingerprint density at radius 3 is 2.47 bits per heavy atom. The second-order valence-corrected chi connectivity index (χ2v) is 4.28. The van der Waals surface area contributed by atoms with Gasteiger partial charge in [0.1, 0.15) is 5.17 Å². The molecule has 0 aliphatic carbocycles. The topological polar surface area (TPSA) is 64.3 Å². The Morgan fingerprint density at radius 1 is 1.47 bits per heavy atom. The van der Waals surface area contributed by atoms with Crippen molar-refractivity contribution >= 4 is 29.7 Å². The number of halogens is 1. The first-order chi connectivity index (χ1) is 6.86. The molecule has 15 heavy (non-hydrogen) atoms. The van der Waals surface area contributed by atoms with Crippen LogP contribution in [0.4, 0.5) is 0 Å². The molecule has 0 atom stereocenters. The Labute approximate surface area is 94.5 Å². The van der Waals surface area contributed by atoms with E-state index in [1.807, 2.05) is 0 Å². The van der Waals surface area contributed by atoms with Crippen molar-refractivity contribution in [3.05, 3.63) is 29.3 Å². The highest BCUT2D eigenvalue weighted by molar-refractivity contribution is 6.68. The number of aliphatic hydroxyl groups is 1. The predicted molar refractivity (Wildman–Crippen MR) is 63.4 cm³/mol. The van der Waals surface area contributed by atoms with Crippen LogP contribution >= 0.6 is 11.6 Å². The van der Waals surface area contributed by atoms with Gasteiger partial charge in [-0.25, -0.2) is 0 Å². The van der Waals surface area contributed by atoms with Gasteiger partial charge in [0.2, 0.25) is 0 Å². The standard InChI is InChI=1S/C10H13BClNO2/c1-10(2,14)7-5-6(9(12)13)3-4-8(7)11-15/h3-5,11,13-15H,1-2H3. The van der Waals surface area contributed by atoms with Crippen LogP contribution in [-0.2, 0) is 5.60 Å². The SMILES string of the molecule is CC(C)(O)c1cc(C(=N)Cl)ccc1BO. The molecule has 0 amide bonds. The molecule has 0 heterocycles. The summed E-state index contributed by atoms with van der Waals surface area (Å²) in [5, 5.41) is 26.2. The average Bonchev–Trinajstić information content (AvgIpc) is 2.15. The molecule has 0 spiro atoms. The fourth-order valence-corrected chi connectivity index (χ4v) is 1.54. The Hall–Kier alpha value is -0.835. The van der Waals surface area contributed by atoms with Gasteiger partial charge in [-0.15, -0.1) is 0 Å². The van der Waals surface area contributed by atoms with Crippen molar-refractivity contribution in [3.63, 3.8) is 0 Å². The van der Waals surface area contributed by atoms with Crippen molar-refractivity contribution in [2.45, 2.75) is 19.4 Å². The van der Waals surface area contributed by atoms with E-state index in [9.17, 15) is 5.11 Å². The molecule has 3 N–H and O–H groups in total. The molecule has 0 radical (unpaired) electrons. The van der Waals surface area contributed by atoms with Crippen molar-refractivity contribution in [1.82, 2.24) is 0 Å². The van der Waals surface area contributed by atoms with Gasteiger partial charge in [0.25, 0.3) is 0 Å². The van der Waals surface area contributed by atoms with Gasteiger partial charge in [0, 0.05) is 5.56 Å². The second kappa shape index (κ2) is 4.35. The summed E-state index contributed by atoms with van der Waals surface area (Å²) in [6, 6.07) is 4.94. The first kappa shape index (κ1) is 12.2. The van der Waals surface area contributed by atoms with E-state index in [0.717, 1.165) is 0 Å². The third-order valence-electron chi connectivity index (χ3n) is 2.19. The summed E-state index contributed by atoms with van der Waals surface area (Å²) in [7, 11) is -0.144. The van der Waals surface area contributed by atoms with Crippen LogP contribution in [0, 0.1) is 5.41 Å². The molecule has 0 aromatic heterocycles. The summed E-state index contributed by atoms with van der Waals surface area (Å²) in [6.45, 7) is 3.26. The minimum atomic E-state index is -1.06. The monoisotopic (exact) mass is 225 g/mol. The molecule has 0 saturated heterocycles. The number of hydrogen-bond donors (Lipinski definition) is 3. The Morgan fingerprint density at radius 2 is 2.07 bits per heavy atom. The van der Waals surface area contributed by atoms with Crippen molar-refractivity contribution in [2.75, 3.05) is 0 Å².